The molecule has 0 radical (unpaired) electrons. The van der Waals surface area contributed by atoms with E-state index in [1.165, 1.54) is 0 Å². The van der Waals surface area contributed by atoms with Crippen LogP contribution in [0.3, 0.4) is 0 Å². The van der Waals surface area contributed by atoms with E-state index in [1.54, 1.807) is 11.0 Å². The van der Waals surface area contributed by atoms with Crippen LogP contribution in [0, 0.1) is 0 Å². The molecule has 1 aliphatic rings. The Morgan fingerprint density at radius 3 is 2.60 bits per heavy atom. The van der Waals surface area contributed by atoms with Gasteiger partial charge in [0.2, 0.25) is 6.41 Å². The minimum Gasteiger partial charge on any atom is -0.353 e. The first-order chi connectivity index (χ1) is 7.29. The van der Waals surface area contributed by atoms with Gasteiger partial charge in [-0.15, -0.1) is 0 Å². The highest BCUT2D eigenvalue weighted by Gasteiger charge is 2.16. The second kappa shape index (κ2) is 4.49. The fourth-order valence-electron chi connectivity index (χ4n) is 1.63. The molecule has 1 aliphatic heterocycles. The van der Waals surface area contributed by atoms with Crippen LogP contribution in [0.2, 0.25) is 5.15 Å². The molecule has 0 N–H and O–H groups in total. The SMILES string of the molecule is O=CN1CCN(c2cccc(Cl)n2)CC1. The Hall–Kier alpha value is -1.29. The first-order valence-electron chi connectivity index (χ1n) is 4.86. The van der Waals surface area contributed by atoms with E-state index in [0.29, 0.717) is 5.15 Å². The Balaban J connectivity index is 2.04. The quantitative estimate of drug-likeness (QED) is 0.557. The largest absolute Gasteiger partial charge is 0.353 e. The number of carbonyl (C=O) groups is 1. The zero-order valence-corrected chi connectivity index (χ0v) is 9.02. The Labute approximate surface area is 93.5 Å². The second-order valence-corrected chi connectivity index (χ2v) is 3.83. The highest BCUT2D eigenvalue weighted by Crippen LogP contribution is 2.15. The highest BCUT2D eigenvalue weighted by atomic mass is 35.5. The van der Waals surface area contributed by atoms with Crippen molar-refractivity contribution < 1.29 is 4.79 Å². The minimum atomic E-state index is 0.505. The fraction of sp³-hybridized carbons (Fsp3) is 0.400. The van der Waals surface area contributed by atoms with E-state index in [-0.39, 0.29) is 0 Å². The zero-order chi connectivity index (χ0) is 10.7. The molecule has 0 atom stereocenters. The molecule has 4 nitrogen and oxygen atoms in total. The number of rotatable bonds is 2. The summed E-state index contributed by atoms with van der Waals surface area (Å²) in [6.07, 6.45) is 0.892. The molecule has 1 aromatic rings. The van der Waals surface area contributed by atoms with Crippen LogP contribution in [0.1, 0.15) is 0 Å². The van der Waals surface area contributed by atoms with Crippen molar-refractivity contribution in [3.05, 3.63) is 23.4 Å². The molecule has 1 fully saturated rings. The Morgan fingerprint density at radius 2 is 2.00 bits per heavy atom. The summed E-state index contributed by atoms with van der Waals surface area (Å²) in [5.74, 6) is 0.882. The fourth-order valence-corrected chi connectivity index (χ4v) is 1.79. The van der Waals surface area contributed by atoms with Crippen LogP contribution in [0.25, 0.3) is 0 Å². The van der Waals surface area contributed by atoms with Gasteiger partial charge < -0.3 is 9.80 Å². The van der Waals surface area contributed by atoms with Gasteiger partial charge in [0.05, 0.1) is 0 Å². The number of pyridine rings is 1. The van der Waals surface area contributed by atoms with Crippen LogP contribution < -0.4 is 4.90 Å². The summed E-state index contributed by atoms with van der Waals surface area (Å²) in [6, 6.07) is 5.58. The van der Waals surface area contributed by atoms with Crippen molar-refractivity contribution >= 4 is 23.8 Å². The zero-order valence-electron chi connectivity index (χ0n) is 8.27. The molecule has 1 aromatic heterocycles. The first-order valence-corrected chi connectivity index (χ1v) is 5.24. The molecule has 0 spiro atoms. The van der Waals surface area contributed by atoms with Gasteiger partial charge in [-0.05, 0) is 12.1 Å². The molecule has 1 saturated heterocycles. The molecular weight excluding hydrogens is 214 g/mol. The van der Waals surface area contributed by atoms with Gasteiger partial charge in [-0.1, -0.05) is 17.7 Å². The predicted molar refractivity (Wildman–Crippen MR) is 59.1 cm³/mol. The highest BCUT2D eigenvalue weighted by molar-refractivity contribution is 6.29. The maximum atomic E-state index is 10.5. The third-order valence-corrected chi connectivity index (χ3v) is 2.70. The number of aromatic nitrogens is 1. The molecule has 0 bridgehead atoms. The molecule has 0 unspecified atom stereocenters. The lowest BCUT2D eigenvalue weighted by Gasteiger charge is -2.33. The Kier molecular flexibility index (Phi) is 3.06. The molecule has 15 heavy (non-hydrogen) atoms. The van der Waals surface area contributed by atoms with E-state index < -0.39 is 0 Å². The van der Waals surface area contributed by atoms with E-state index in [9.17, 15) is 4.79 Å². The van der Waals surface area contributed by atoms with Crippen molar-refractivity contribution in [3.63, 3.8) is 0 Å². The van der Waals surface area contributed by atoms with Gasteiger partial charge in [0.1, 0.15) is 11.0 Å². The molecular formula is C10H12ClN3O. The number of piperazine rings is 1. The number of amides is 1. The maximum absolute atomic E-state index is 10.5. The van der Waals surface area contributed by atoms with Crippen molar-refractivity contribution in [2.24, 2.45) is 0 Å². The topological polar surface area (TPSA) is 36.4 Å². The van der Waals surface area contributed by atoms with Crippen molar-refractivity contribution in [3.8, 4) is 0 Å². The number of anilines is 1. The third-order valence-electron chi connectivity index (χ3n) is 2.49. The summed E-state index contributed by atoms with van der Waals surface area (Å²) in [6.45, 7) is 3.12. The van der Waals surface area contributed by atoms with Crippen LogP contribution in [-0.4, -0.2) is 42.5 Å². The van der Waals surface area contributed by atoms with Crippen molar-refractivity contribution in [2.75, 3.05) is 31.1 Å². The van der Waals surface area contributed by atoms with Crippen molar-refractivity contribution in [1.29, 1.82) is 0 Å². The van der Waals surface area contributed by atoms with E-state index in [0.717, 1.165) is 38.4 Å². The predicted octanol–water partition coefficient (Wildman–Crippen LogP) is 1.01. The van der Waals surface area contributed by atoms with Crippen LogP contribution in [0.15, 0.2) is 18.2 Å². The van der Waals surface area contributed by atoms with Crippen LogP contribution >= 0.6 is 11.6 Å². The van der Waals surface area contributed by atoms with E-state index in [4.69, 9.17) is 11.6 Å². The van der Waals surface area contributed by atoms with Gasteiger partial charge in [0.15, 0.2) is 0 Å². The van der Waals surface area contributed by atoms with Gasteiger partial charge in [-0.25, -0.2) is 4.98 Å². The Bertz CT molecular complexity index is 350. The van der Waals surface area contributed by atoms with Crippen molar-refractivity contribution in [2.45, 2.75) is 0 Å². The van der Waals surface area contributed by atoms with Crippen LogP contribution in [-0.2, 0) is 4.79 Å². The van der Waals surface area contributed by atoms with Gasteiger partial charge in [-0.2, -0.15) is 0 Å². The van der Waals surface area contributed by atoms with Gasteiger partial charge in [0, 0.05) is 26.2 Å². The minimum absolute atomic E-state index is 0.505. The number of hydrogen-bond donors (Lipinski definition) is 0. The lowest BCUT2D eigenvalue weighted by atomic mass is 10.3. The molecule has 0 saturated carbocycles. The molecule has 0 aliphatic carbocycles. The van der Waals surface area contributed by atoms with E-state index in [1.807, 2.05) is 12.1 Å². The third kappa shape index (κ3) is 2.39. The average molecular weight is 226 g/mol. The molecule has 2 rings (SSSR count). The standard InChI is InChI=1S/C10H12ClN3O/c11-9-2-1-3-10(12-9)14-6-4-13(8-15)5-7-14/h1-3,8H,4-7H2. The number of halogens is 1. The molecule has 1 amide bonds. The molecule has 0 aromatic carbocycles. The molecule has 80 valence electrons. The molecule has 2 heterocycles. The van der Waals surface area contributed by atoms with E-state index >= 15 is 0 Å². The van der Waals surface area contributed by atoms with Crippen molar-refractivity contribution in [1.82, 2.24) is 9.88 Å². The number of hydrogen-bond acceptors (Lipinski definition) is 3. The molecule has 5 heteroatoms. The maximum Gasteiger partial charge on any atom is 0.209 e. The average Bonchev–Trinajstić information content (AvgIpc) is 2.29. The summed E-state index contributed by atoms with van der Waals surface area (Å²) in [5.41, 5.74) is 0. The first kappa shape index (κ1) is 10.2. The monoisotopic (exact) mass is 225 g/mol. The van der Waals surface area contributed by atoms with Gasteiger partial charge in [-0.3, -0.25) is 4.79 Å². The second-order valence-electron chi connectivity index (χ2n) is 3.45. The summed E-state index contributed by atoms with van der Waals surface area (Å²) in [5, 5.41) is 0.505. The summed E-state index contributed by atoms with van der Waals surface area (Å²) < 4.78 is 0. The normalized spacial score (nSPS) is 16.6. The number of nitrogens with zero attached hydrogens (tertiary/aromatic N) is 3. The smallest absolute Gasteiger partial charge is 0.209 e. The lowest BCUT2D eigenvalue weighted by Crippen LogP contribution is -2.46. The van der Waals surface area contributed by atoms with E-state index in [2.05, 4.69) is 9.88 Å². The Morgan fingerprint density at radius 1 is 1.27 bits per heavy atom. The lowest BCUT2D eigenvalue weighted by molar-refractivity contribution is -0.118. The van der Waals surface area contributed by atoms with Gasteiger partial charge >= 0.3 is 0 Å². The summed E-state index contributed by atoms with van der Waals surface area (Å²) in [4.78, 5) is 18.7. The number of carbonyl (C=O) groups excluding carboxylic acids is 1. The summed E-state index contributed by atoms with van der Waals surface area (Å²) in [7, 11) is 0. The van der Waals surface area contributed by atoms with Crippen LogP contribution in [0.5, 0.6) is 0 Å². The van der Waals surface area contributed by atoms with Crippen LogP contribution in [0.4, 0.5) is 5.82 Å². The van der Waals surface area contributed by atoms with Gasteiger partial charge in [0.25, 0.3) is 0 Å². The summed E-state index contributed by atoms with van der Waals surface area (Å²) >= 11 is 5.82.